The molecule has 0 saturated carbocycles. The van der Waals surface area contributed by atoms with Gasteiger partial charge in [-0.3, -0.25) is 4.79 Å². The Hall–Kier alpha value is -0.710. The summed E-state index contributed by atoms with van der Waals surface area (Å²) in [6.45, 7) is 2.27. The summed E-state index contributed by atoms with van der Waals surface area (Å²) in [6, 6.07) is 6.30. The van der Waals surface area contributed by atoms with Crippen LogP contribution < -0.4 is 5.32 Å². The number of benzene rings is 1. The SMILES string of the molecule is O=C(CNC1CCSc2ccc(Cl)cc21)N1CCCCC1. The van der Waals surface area contributed by atoms with Gasteiger partial charge in [-0.05, 0) is 55.2 Å². The number of amides is 1. The zero-order chi connectivity index (χ0) is 14.7. The number of carbonyl (C=O) groups excluding carboxylic acids is 1. The van der Waals surface area contributed by atoms with Crippen LogP contribution in [0.2, 0.25) is 5.02 Å². The Bertz CT molecular complexity index is 517. The lowest BCUT2D eigenvalue weighted by Crippen LogP contribution is -2.42. The van der Waals surface area contributed by atoms with Gasteiger partial charge in [-0.25, -0.2) is 0 Å². The Morgan fingerprint density at radius 3 is 2.95 bits per heavy atom. The van der Waals surface area contributed by atoms with Crippen molar-refractivity contribution in [3.8, 4) is 0 Å². The van der Waals surface area contributed by atoms with Crippen molar-refractivity contribution in [3.63, 3.8) is 0 Å². The average Bonchev–Trinajstić information content (AvgIpc) is 2.53. The molecular weight excluding hydrogens is 304 g/mol. The number of nitrogens with zero attached hydrogens (tertiary/aromatic N) is 1. The summed E-state index contributed by atoms with van der Waals surface area (Å²) in [7, 11) is 0. The fourth-order valence-electron chi connectivity index (χ4n) is 3.04. The molecule has 1 atom stereocenters. The summed E-state index contributed by atoms with van der Waals surface area (Å²) in [6.07, 6.45) is 4.59. The van der Waals surface area contributed by atoms with Crippen molar-refractivity contribution in [1.29, 1.82) is 0 Å². The molecule has 0 aromatic heterocycles. The van der Waals surface area contributed by atoms with Crippen molar-refractivity contribution in [2.24, 2.45) is 0 Å². The molecule has 114 valence electrons. The highest BCUT2D eigenvalue weighted by molar-refractivity contribution is 7.99. The van der Waals surface area contributed by atoms with Crippen LogP contribution in [0.15, 0.2) is 23.1 Å². The molecule has 1 N–H and O–H groups in total. The molecule has 5 heteroatoms. The third-order valence-corrected chi connectivity index (χ3v) is 5.58. The Morgan fingerprint density at radius 2 is 2.14 bits per heavy atom. The number of halogens is 1. The van der Waals surface area contributed by atoms with E-state index in [4.69, 9.17) is 11.6 Å². The molecule has 2 aliphatic heterocycles. The molecule has 1 amide bonds. The Labute approximate surface area is 135 Å². The first-order valence-corrected chi connectivity index (χ1v) is 9.04. The summed E-state index contributed by atoms with van der Waals surface area (Å²) in [5.41, 5.74) is 1.24. The predicted molar refractivity (Wildman–Crippen MR) is 88.0 cm³/mol. The molecule has 1 aromatic carbocycles. The minimum absolute atomic E-state index is 0.233. The number of hydrogen-bond acceptors (Lipinski definition) is 3. The van der Waals surface area contributed by atoms with Crippen LogP contribution in [-0.2, 0) is 4.79 Å². The second-order valence-corrected chi connectivity index (χ2v) is 7.27. The second-order valence-electron chi connectivity index (χ2n) is 5.69. The predicted octanol–water partition coefficient (Wildman–Crippen LogP) is 3.48. The van der Waals surface area contributed by atoms with Gasteiger partial charge in [0, 0.05) is 29.0 Å². The van der Waals surface area contributed by atoms with Gasteiger partial charge in [0.15, 0.2) is 0 Å². The molecule has 1 fully saturated rings. The Balaban J connectivity index is 1.61. The molecule has 0 bridgehead atoms. The number of fused-ring (bicyclic) bond motifs is 1. The van der Waals surface area contributed by atoms with E-state index in [1.54, 1.807) is 0 Å². The van der Waals surface area contributed by atoms with Crippen LogP contribution in [-0.4, -0.2) is 36.2 Å². The van der Waals surface area contributed by atoms with Gasteiger partial charge >= 0.3 is 0 Å². The molecule has 0 radical (unpaired) electrons. The summed E-state index contributed by atoms with van der Waals surface area (Å²) >= 11 is 7.98. The number of rotatable bonds is 3. The third kappa shape index (κ3) is 3.74. The van der Waals surface area contributed by atoms with Gasteiger partial charge in [-0.1, -0.05) is 11.6 Å². The second kappa shape index (κ2) is 7.03. The normalized spacial score (nSPS) is 22.0. The van der Waals surface area contributed by atoms with Crippen molar-refractivity contribution in [2.45, 2.75) is 36.6 Å². The monoisotopic (exact) mass is 324 g/mol. The molecule has 21 heavy (non-hydrogen) atoms. The van der Waals surface area contributed by atoms with E-state index in [1.807, 2.05) is 28.8 Å². The van der Waals surface area contributed by atoms with Gasteiger partial charge in [-0.2, -0.15) is 0 Å². The molecule has 3 rings (SSSR count). The van der Waals surface area contributed by atoms with E-state index in [0.717, 1.165) is 43.1 Å². The minimum atomic E-state index is 0.233. The smallest absolute Gasteiger partial charge is 0.236 e. The van der Waals surface area contributed by atoms with Crippen molar-refractivity contribution < 1.29 is 4.79 Å². The molecule has 2 heterocycles. The maximum Gasteiger partial charge on any atom is 0.236 e. The highest BCUT2D eigenvalue weighted by Gasteiger charge is 2.23. The molecule has 0 spiro atoms. The first kappa shape index (κ1) is 15.2. The Morgan fingerprint density at radius 1 is 1.33 bits per heavy atom. The summed E-state index contributed by atoms with van der Waals surface area (Å²) < 4.78 is 0. The first-order chi connectivity index (χ1) is 10.2. The van der Waals surface area contributed by atoms with Gasteiger partial charge in [0.25, 0.3) is 0 Å². The molecule has 2 aliphatic rings. The average molecular weight is 325 g/mol. The number of carbonyl (C=O) groups is 1. The first-order valence-electron chi connectivity index (χ1n) is 7.67. The number of piperidine rings is 1. The standard InChI is InChI=1S/C16H21ClN2OS/c17-12-4-5-15-13(10-12)14(6-9-21-15)18-11-16(20)19-7-2-1-3-8-19/h4-5,10,14,18H,1-3,6-9,11H2. The minimum Gasteiger partial charge on any atom is -0.342 e. The highest BCUT2D eigenvalue weighted by Crippen LogP contribution is 2.37. The van der Waals surface area contributed by atoms with E-state index in [1.165, 1.54) is 16.9 Å². The van der Waals surface area contributed by atoms with Crippen molar-refractivity contribution in [3.05, 3.63) is 28.8 Å². The quantitative estimate of drug-likeness (QED) is 0.924. The summed E-state index contributed by atoms with van der Waals surface area (Å²) in [5.74, 6) is 1.32. The van der Waals surface area contributed by atoms with Crippen LogP contribution in [0.4, 0.5) is 0 Å². The lowest BCUT2D eigenvalue weighted by molar-refractivity contribution is -0.131. The van der Waals surface area contributed by atoms with Crippen LogP contribution in [0, 0.1) is 0 Å². The summed E-state index contributed by atoms with van der Waals surface area (Å²) in [4.78, 5) is 15.5. The zero-order valence-corrected chi connectivity index (χ0v) is 13.7. The van der Waals surface area contributed by atoms with E-state index in [9.17, 15) is 4.79 Å². The van der Waals surface area contributed by atoms with Gasteiger partial charge < -0.3 is 10.2 Å². The molecule has 1 saturated heterocycles. The van der Waals surface area contributed by atoms with Gasteiger partial charge in [0.1, 0.15) is 0 Å². The molecule has 1 aromatic rings. The van der Waals surface area contributed by atoms with E-state index in [-0.39, 0.29) is 11.9 Å². The topological polar surface area (TPSA) is 32.3 Å². The van der Waals surface area contributed by atoms with Crippen LogP contribution >= 0.6 is 23.4 Å². The van der Waals surface area contributed by atoms with Crippen molar-refractivity contribution >= 4 is 29.3 Å². The fourth-order valence-corrected chi connectivity index (χ4v) is 4.33. The van der Waals surface area contributed by atoms with Crippen LogP contribution in [0.1, 0.15) is 37.3 Å². The van der Waals surface area contributed by atoms with E-state index in [0.29, 0.717) is 6.54 Å². The lowest BCUT2D eigenvalue weighted by Gasteiger charge is -2.29. The maximum absolute atomic E-state index is 12.3. The van der Waals surface area contributed by atoms with E-state index >= 15 is 0 Å². The highest BCUT2D eigenvalue weighted by atomic mass is 35.5. The summed E-state index contributed by atoms with van der Waals surface area (Å²) in [5, 5.41) is 4.21. The number of hydrogen-bond donors (Lipinski definition) is 1. The van der Waals surface area contributed by atoms with Gasteiger partial charge in [0.2, 0.25) is 5.91 Å². The maximum atomic E-state index is 12.3. The van der Waals surface area contributed by atoms with Gasteiger partial charge in [0.05, 0.1) is 6.54 Å². The lowest BCUT2D eigenvalue weighted by atomic mass is 10.0. The largest absolute Gasteiger partial charge is 0.342 e. The van der Waals surface area contributed by atoms with Crippen LogP contribution in [0.25, 0.3) is 0 Å². The number of thioether (sulfide) groups is 1. The molecule has 0 aliphatic carbocycles. The van der Waals surface area contributed by atoms with Gasteiger partial charge in [-0.15, -0.1) is 11.8 Å². The fraction of sp³-hybridized carbons (Fsp3) is 0.562. The number of nitrogens with one attached hydrogen (secondary N) is 1. The molecular formula is C16H21ClN2OS. The Kier molecular flexibility index (Phi) is 5.09. The van der Waals surface area contributed by atoms with E-state index in [2.05, 4.69) is 11.4 Å². The zero-order valence-electron chi connectivity index (χ0n) is 12.1. The van der Waals surface area contributed by atoms with Crippen molar-refractivity contribution in [1.82, 2.24) is 10.2 Å². The van der Waals surface area contributed by atoms with Crippen LogP contribution in [0.5, 0.6) is 0 Å². The van der Waals surface area contributed by atoms with E-state index < -0.39 is 0 Å². The molecule has 1 unspecified atom stereocenters. The number of likely N-dealkylation sites (tertiary alicyclic amines) is 1. The molecule has 3 nitrogen and oxygen atoms in total. The van der Waals surface area contributed by atoms with Crippen molar-refractivity contribution in [2.75, 3.05) is 25.4 Å². The third-order valence-electron chi connectivity index (χ3n) is 4.22. The van der Waals surface area contributed by atoms with Crippen LogP contribution in [0.3, 0.4) is 0 Å².